The summed E-state index contributed by atoms with van der Waals surface area (Å²) in [6.07, 6.45) is 2.68. The van der Waals surface area contributed by atoms with Gasteiger partial charge in [-0.15, -0.1) is 0 Å². The Labute approximate surface area is 136 Å². The van der Waals surface area contributed by atoms with Crippen molar-refractivity contribution in [2.24, 2.45) is 0 Å². The average Bonchev–Trinajstić information content (AvgIpc) is 2.53. The SMILES string of the molecule is CC(Oc1ccccc1C#N)C(=O)NCCCCCCC(=O)O. The van der Waals surface area contributed by atoms with Gasteiger partial charge >= 0.3 is 5.97 Å². The highest BCUT2D eigenvalue weighted by atomic mass is 16.5. The van der Waals surface area contributed by atoms with Gasteiger partial charge in [0.1, 0.15) is 11.8 Å². The fraction of sp³-hybridized carbons (Fsp3) is 0.471. The minimum atomic E-state index is -0.776. The molecule has 0 heterocycles. The predicted molar refractivity (Wildman–Crippen MR) is 85.0 cm³/mol. The Hall–Kier alpha value is -2.55. The van der Waals surface area contributed by atoms with E-state index in [-0.39, 0.29) is 12.3 Å². The molecule has 0 fully saturated rings. The molecule has 0 radical (unpaired) electrons. The van der Waals surface area contributed by atoms with Crippen molar-refractivity contribution in [3.8, 4) is 11.8 Å². The first-order chi connectivity index (χ1) is 11.0. The molecule has 6 nitrogen and oxygen atoms in total. The van der Waals surface area contributed by atoms with Gasteiger partial charge in [-0.05, 0) is 31.9 Å². The number of nitrogens with zero attached hydrogens (tertiary/aromatic N) is 1. The molecule has 0 saturated carbocycles. The molecule has 6 heteroatoms. The summed E-state index contributed by atoms with van der Waals surface area (Å²) >= 11 is 0. The van der Waals surface area contributed by atoms with Crippen LogP contribution in [0.1, 0.15) is 44.6 Å². The van der Waals surface area contributed by atoms with E-state index in [9.17, 15) is 9.59 Å². The summed E-state index contributed by atoms with van der Waals surface area (Å²) < 4.78 is 5.52. The lowest BCUT2D eigenvalue weighted by atomic mass is 10.1. The largest absolute Gasteiger partial charge is 0.481 e. The van der Waals surface area contributed by atoms with Crippen LogP contribution in [0.5, 0.6) is 5.75 Å². The van der Waals surface area contributed by atoms with Gasteiger partial charge in [0, 0.05) is 13.0 Å². The summed E-state index contributed by atoms with van der Waals surface area (Å²) in [6, 6.07) is 8.80. The third-order valence-electron chi connectivity index (χ3n) is 3.30. The van der Waals surface area contributed by atoms with E-state index in [4.69, 9.17) is 15.1 Å². The van der Waals surface area contributed by atoms with Crippen LogP contribution in [0.2, 0.25) is 0 Å². The summed E-state index contributed by atoms with van der Waals surface area (Å²) in [6.45, 7) is 2.16. The van der Waals surface area contributed by atoms with Crippen LogP contribution < -0.4 is 10.1 Å². The van der Waals surface area contributed by atoms with Gasteiger partial charge in [0.25, 0.3) is 5.91 Å². The predicted octanol–water partition coefficient (Wildman–Crippen LogP) is 2.48. The third kappa shape index (κ3) is 7.32. The highest BCUT2D eigenvalue weighted by Gasteiger charge is 2.15. The lowest BCUT2D eigenvalue weighted by molar-refractivity contribution is -0.137. The Kier molecular flexibility index (Phi) is 8.22. The zero-order valence-corrected chi connectivity index (χ0v) is 13.2. The molecule has 1 amide bonds. The molecule has 1 aromatic rings. The Morgan fingerprint density at radius 3 is 2.65 bits per heavy atom. The van der Waals surface area contributed by atoms with Crippen molar-refractivity contribution in [3.05, 3.63) is 29.8 Å². The molecule has 124 valence electrons. The van der Waals surface area contributed by atoms with Gasteiger partial charge in [-0.1, -0.05) is 25.0 Å². The normalized spacial score (nSPS) is 11.3. The molecular weight excluding hydrogens is 296 g/mol. The number of ether oxygens (including phenoxy) is 1. The number of carbonyl (C=O) groups is 2. The maximum absolute atomic E-state index is 11.9. The molecule has 0 saturated heterocycles. The van der Waals surface area contributed by atoms with E-state index in [0.29, 0.717) is 24.3 Å². The molecule has 1 aromatic carbocycles. The molecule has 1 atom stereocenters. The fourth-order valence-electron chi connectivity index (χ4n) is 2.02. The highest BCUT2D eigenvalue weighted by Crippen LogP contribution is 2.18. The summed E-state index contributed by atoms with van der Waals surface area (Å²) in [4.78, 5) is 22.3. The van der Waals surface area contributed by atoms with Crippen LogP contribution in [0.25, 0.3) is 0 Å². The molecular formula is C17H22N2O4. The molecule has 0 bridgehead atoms. The van der Waals surface area contributed by atoms with Crippen molar-refractivity contribution in [2.75, 3.05) is 6.54 Å². The number of benzene rings is 1. The van der Waals surface area contributed by atoms with Crippen LogP contribution in [0, 0.1) is 11.3 Å². The number of para-hydroxylation sites is 1. The number of carboxylic acid groups (broad SMARTS) is 1. The second-order valence-corrected chi connectivity index (χ2v) is 5.22. The van der Waals surface area contributed by atoms with E-state index in [1.807, 2.05) is 6.07 Å². The Bertz CT molecular complexity index is 566. The molecule has 1 unspecified atom stereocenters. The molecule has 0 aromatic heterocycles. The van der Waals surface area contributed by atoms with Crippen LogP contribution in [0.3, 0.4) is 0 Å². The monoisotopic (exact) mass is 318 g/mol. The van der Waals surface area contributed by atoms with E-state index in [2.05, 4.69) is 5.32 Å². The fourth-order valence-corrected chi connectivity index (χ4v) is 2.02. The number of hydrogen-bond donors (Lipinski definition) is 2. The van der Waals surface area contributed by atoms with Gasteiger partial charge in [0.2, 0.25) is 0 Å². The summed E-state index contributed by atoms with van der Waals surface area (Å²) in [5.74, 6) is -0.614. The second-order valence-electron chi connectivity index (χ2n) is 5.22. The number of hydrogen-bond acceptors (Lipinski definition) is 4. The van der Waals surface area contributed by atoms with Crippen LogP contribution in [-0.2, 0) is 9.59 Å². The number of nitrogens with one attached hydrogen (secondary N) is 1. The molecule has 2 N–H and O–H groups in total. The van der Waals surface area contributed by atoms with Gasteiger partial charge in [-0.25, -0.2) is 0 Å². The molecule has 0 aliphatic heterocycles. The minimum absolute atomic E-state index is 0.190. The standard InChI is InChI=1S/C17H22N2O4/c1-13(23-15-9-6-5-8-14(15)12-18)17(22)19-11-7-3-2-4-10-16(20)21/h5-6,8-9,13H,2-4,7,10-11H2,1H3,(H,19,22)(H,20,21). The highest BCUT2D eigenvalue weighted by molar-refractivity contribution is 5.80. The summed E-state index contributed by atoms with van der Waals surface area (Å²) in [7, 11) is 0. The molecule has 0 aliphatic carbocycles. The Morgan fingerprint density at radius 1 is 1.26 bits per heavy atom. The molecule has 1 rings (SSSR count). The molecule has 0 spiro atoms. The van der Waals surface area contributed by atoms with Crippen LogP contribution in [0.4, 0.5) is 0 Å². The van der Waals surface area contributed by atoms with Crippen molar-refractivity contribution < 1.29 is 19.4 Å². The minimum Gasteiger partial charge on any atom is -0.481 e. The zero-order chi connectivity index (χ0) is 17.1. The van der Waals surface area contributed by atoms with Crippen molar-refractivity contribution in [1.82, 2.24) is 5.32 Å². The van der Waals surface area contributed by atoms with Crippen molar-refractivity contribution in [2.45, 2.75) is 45.1 Å². The van der Waals surface area contributed by atoms with Crippen molar-refractivity contribution >= 4 is 11.9 Å². The van der Waals surface area contributed by atoms with Crippen molar-refractivity contribution in [1.29, 1.82) is 5.26 Å². The quantitative estimate of drug-likeness (QED) is 0.646. The smallest absolute Gasteiger partial charge is 0.303 e. The van der Waals surface area contributed by atoms with Crippen LogP contribution >= 0.6 is 0 Å². The van der Waals surface area contributed by atoms with Gasteiger partial charge in [0.15, 0.2) is 6.10 Å². The maximum atomic E-state index is 11.9. The summed E-state index contributed by atoms with van der Waals surface area (Å²) in [5.41, 5.74) is 0.394. The average molecular weight is 318 g/mol. The number of unbranched alkanes of at least 4 members (excludes halogenated alkanes) is 3. The van der Waals surface area contributed by atoms with Crippen molar-refractivity contribution in [3.63, 3.8) is 0 Å². The zero-order valence-electron chi connectivity index (χ0n) is 13.2. The number of amides is 1. The molecule has 0 aliphatic rings. The number of rotatable bonds is 10. The lowest BCUT2D eigenvalue weighted by Crippen LogP contribution is -2.36. The van der Waals surface area contributed by atoms with Gasteiger partial charge in [-0.2, -0.15) is 5.26 Å². The Balaban J connectivity index is 2.24. The Morgan fingerprint density at radius 2 is 1.96 bits per heavy atom. The first-order valence-corrected chi connectivity index (χ1v) is 7.70. The third-order valence-corrected chi connectivity index (χ3v) is 3.30. The van der Waals surface area contributed by atoms with Crippen LogP contribution in [-0.4, -0.2) is 29.6 Å². The van der Waals surface area contributed by atoms with E-state index in [1.54, 1.807) is 31.2 Å². The number of carbonyl (C=O) groups excluding carboxylic acids is 1. The van der Waals surface area contributed by atoms with E-state index in [1.165, 1.54) is 0 Å². The lowest BCUT2D eigenvalue weighted by Gasteiger charge is -2.15. The number of aliphatic carboxylic acids is 1. The molecule has 23 heavy (non-hydrogen) atoms. The first kappa shape index (κ1) is 18.5. The van der Waals surface area contributed by atoms with E-state index >= 15 is 0 Å². The first-order valence-electron chi connectivity index (χ1n) is 7.70. The van der Waals surface area contributed by atoms with Gasteiger partial charge < -0.3 is 15.2 Å². The van der Waals surface area contributed by atoms with Gasteiger partial charge in [-0.3, -0.25) is 9.59 Å². The van der Waals surface area contributed by atoms with Crippen LogP contribution in [0.15, 0.2) is 24.3 Å². The van der Waals surface area contributed by atoms with E-state index < -0.39 is 12.1 Å². The van der Waals surface area contributed by atoms with Gasteiger partial charge in [0.05, 0.1) is 5.56 Å². The maximum Gasteiger partial charge on any atom is 0.303 e. The number of carboxylic acids is 1. The number of nitriles is 1. The van der Waals surface area contributed by atoms with E-state index in [0.717, 1.165) is 19.3 Å². The topological polar surface area (TPSA) is 99.4 Å². The summed E-state index contributed by atoms with van der Waals surface area (Å²) in [5, 5.41) is 20.3. The second kappa shape index (κ2) is 10.2.